The molecular weight excluding hydrogens is 412 g/mol. The first-order valence-corrected chi connectivity index (χ1v) is 10.4. The number of hydrogen-bond donors (Lipinski definition) is 2. The van der Waals surface area contributed by atoms with Crippen molar-refractivity contribution in [3.05, 3.63) is 41.2 Å². The summed E-state index contributed by atoms with van der Waals surface area (Å²) in [6.45, 7) is 6.66. The van der Waals surface area contributed by atoms with Crippen molar-refractivity contribution in [2.24, 2.45) is 11.5 Å². The number of anilines is 1. The van der Waals surface area contributed by atoms with Crippen LogP contribution in [0.3, 0.4) is 0 Å². The Bertz CT molecular complexity index is 1260. The average Bonchev–Trinajstić information content (AvgIpc) is 3.28. The number of rotatable bonds is 4. The summed E-state index contributed by atoms with van der Waals surface area (Å²) in [6, 6.07) is 4.01. The van der Waals surface area contributed by atoms with E-state index in [9.17, 15) is 9.59 Å². The number of fused-ring (bicyclic) bond motifs is 2. The topological polar surface area (TPSA) is 138 Å². The molecule has 0 atom stereocenters. The molecule has 0 aliphatic carbocycles. The maximum Gasteiger partial charge on any atom is 0.254 e. The van der Waals surface area contributed by atoms with Crippen molar-refractivity contribution in [2.75, 3.05) is 31.2 Å². The van der Waals surface area contributed by atoms with Gasteiger partial charge in [-0.3, -0.25) is 9.59 Å². The van der Waals surface area contributed by atoms with E-state index in [1.54, 1.807) is 0 Å². The molecule has 4 heterocycles. The third-order valence-electron chi connectivity index (χ3n) is 5.79. The van der Waals surface area contributed by atoms with Crippen molar-refractivity contribution in [1.29, 1.82) is 0 Å². The van der Waals surface area contributed by atoms with Crippen LogP contribution >= 0.6 is 0 Å². The van der Waals surface area contributed by atoms with Gasteiger partial charge < -0.3 is 25.8 Å². The predicted molar refractivity (Wildman–Crippen MR) is 117 cm³/mol. The standard InChI is InChI=1S/C22H24N6O4/c1-22(2)9-12-7-14(15(8-16(12)32-22)27-3-5-31-6-4-27)18-17(20(24)30)21-25-10-13(19(23)29)11-28(21)26-18/h7-8,10-11H,3-6,9H2,1-2H3,(H2,23,29)(H2,24,30). The van der Waals surface area contributed by atoms with Crippen LogP contribution in [0.4, 0.5) is 5.69 Å². The number of carbonyl (C=O) groups excluding carboxylic acids is 2. The van der Waals surface area contributed by atoms with Crippen molar-refractivity contribution in [2.45, 2.75) is 25.9 Å². The zero-order valence-electron chi connectivity index (χ0n) is 17.9. The largest absolute Gasteiger partial charge is 0.487 e. The second kappa shape index (κ2) is 7.20. The number of carbonyl (C=O) groups is 2. The molecular formula is C22H24N6O4. The number of hydrogen-bond acceptors (Lipinski definition) is 7. The van der Waals surface area contributed by atoms with E-state index in [1.807, 2.05) is 26.0 Å². The molecule has 0 unspecified atom stereocenters. The Morgan fingerprint density at radius 2 is 1.88 bits per heavy atom. The van der Waals surface area contributed by atoms with Gasteiger partial charge in [0.05, 0.1) is 24.5 Å². The van der Waals surface area contributed by atoms with E-state index in [-0.39, 0.29) is 22.4 Å². The lowest BCUT2D eigenvalue weighted by Gasteiger charge is -2.31. The Balaban J connectivity index is 1.75. The van der Waals surface area contributed by atoms with E-state index in [1.165, 1.54) is 16.9 Å². The van der Waals surface area contributed by atoms with Crippen LogP contribution in [0, 0.1) is 0 Å². The molecule has 0 saturated carbocycles. The van der Waals surface area contributed by atoms with Crippen LogP contribution in [0.2, 0.25) is 0 Å². The second-order valence-electron chi connectivity index (χ2n) is 8.68. The lowest BCUT2D eigenvalue weighted by Crippen LogP contribution is -2.36. The number of aromatic nitrogens is 3. The molecule has 2 aromatic heterocycles. The Morgan fingerprint density at radius 3 is 2.56 bits per heavy atom. The molecule has 2 aliphatic rings. The molecule has 2 amide bonds. The van der Waals surface area contributed by atoms with Crippen molar-refractivity contribution >= 4 is 23.1 Å². The number of primary amides is 2. The third kappa shape index (κ3) is 3.32. The normalized spacial score (nSPS) is 17.2. The third-order valence-corrected chi connectivity index (χ3v) is 5.79. The number of morpholine rings is 1. The molecule has 0 radical (unpaired) electrons. The minimum absolute atomic E-state index is 0.181. The van der Waals surface area contributed by atoms with Gasteiger partial charge in [-0.2, -0.15) is 5.10 Å². The highest BCUT2D eigenvalue weighted by Gasteiger charge is 2.33. The first-order valence-electron chi connectivity index (χ1n) is 10.4. The quantitative estimate of drug-likeness (QED) is 0.625. The Hall–Kier alpha value is -3.66. The van der Waals surface area contributed by atoms with Crippen molar-refractivity contribution in [3.8, 4) is 17.0 Å². The predicted octanol–water partition coefficient (Wildman–Crippen LogP) is 1.14. The Morgan fingerprint density at radius 1 is 1.12 bits per heavy atom. The smallest absolute Gasteiger partial charge is 0.254 e. The maximum atomic E-state index is 12.5. The molecule has 3 aromatic rings. The maximum absolute atomic E-state index is 12.5. The summed E-state index contributed by atoms with van der Waals surface area (Å²) in [5, 5.41) is 4.61. The van der Waals surface area contributed by atoms with E-state index >= 15 is 0 Å². The van der Waals surface area contributed by atoms with Crippen LogP contribution in [0.1, 0.15) is 40.1 Å². The van der Waals surface area contributed by atoms with Gasteiger partial charge in [0, 0.05) is 43.5 Å². The van der Waals surface area contributed by atoms with Gasteiger partial charge in [0.15, 0.2) is 5.65 Å². The average molecular weight is 436 g/mol. The highest BCUT2D eigenvalue weighted by molar-refractivity contribution is 6.06. The molecule has 1 fully saturated rings. The number of nitrogens with two attached hydrogens (primary N) is 2. The van der Waals surface area contributed by atoms with Gasteiger partial charge in [-0.15, -0.1) is 0 Å². The fraction of sp³-hybridized carbons (Fsp3) is 0.364. The summed E-state index contributed by atoms with van der Waals surface area (Å²) in [5.41, 5.74) is 14.5. The first-order chi connectivity index (χ1) is 15.2. The minimum atomic E-state index is -0.653. The molecule has 0 spiro atoms. The summed E-state index contributed by atoms with van der Waals surface area (Å²) < 4.78 is 13.1. The van der Waals surface area contributed by atoms with Crippen LogP contribution in [-0.2, 0) is 11.2 Å². The lowest BCUT2D eigenvalue weighted by molar-refractivity contribution is 0.0993. The number of nitrogens with zero attached hydrogens (tertiary/aromatic N) is 4. The van der Waals surface area contributed by atoms with E-state index in [4.69, 9.17) is 20.9 Å². The fourth-order valence-corrected chi connectivity index (χ4v) is 4.37. The molecule has 10 nitrogen and oxygen atoms in total. The lowest BCUT2D eigenvalue weighted by atomic mass is 9.96. The van der Waals surface area contributed by atoms with Gasteiger partial charge in [0.2, 0.25) is 0 Å². The minimum Gasteiger partial charge on any atom is -0.487 e. The molecule has 32 heavy (non-hydrogen) atoms. The molecule has 2 aliphatic heterocycles. The summed E-state index contributed by atoms with van der Waals surface area (Å²) in [5.74, 6) is -0.471. The second-order valence-corrected chi connectivity index (χ2v) is 8.68. The van der Waals surface area contributed by atoms with Crippen LogP contribution in [0.5, 0.6) is 5.75 Å². The van der Waals surface area contributed by atoms with Gasteiger partial charge in [-0.25, -0.2) is 9.50 Å². The molecule has 1 aromatic carbocycles. The van der Waals surface area contributed by atoms with E-state index < -0.39 is 11.8 Å². The summed E-state index contributed by atoms with van der Waals surface area (Å²) in [7, 11) is 0. The SMILES string of the molecule is CC1(C)Cc2cc(-c3nn4cc(C(N)=O)cnc4c3C(N)=O)c(N3CCOCC3)cc2O1. The van der Waals surface area contributed by atoms with Crippen LogP contribution in [-0.4, -0.2) is 58.3 Å². The van der Waals surface area contributed by atoms with Crippen LogP contribution < -0.4 is 21.1 Å². The molecule has 5 rings (SSSR count). The molecule has 10 heteroatoms. The van der Waals surface area contributed by atoms with Gasteiger partial charge >= 0.3 is 0 Å². The zero-order chi connectivity index (χ0) is 22.6. The highest BCUT2D eigenvalue weighted by atomic mass is 16.5. The summed E-state index contributed by atoms with van der Waals surface area (Å²) >= 11 is 0. The highest BCUT2D eigenvalue weighted by Crippen LogP contribution is 2.43. The van der Waals surface area contributed by atoms with Crippen molar-refractivity contribution in [1.82, 2.24) is 14.6 Å². The zero-order valence-corrected chi connectivity index (χ0v) is 17.9. The number of amides is 2. The first kappa shape index (κ1) is 20.3. The Labute approximate surface area is 184 Å². The summed E-state index contributed by atoms with van der Waals surface area (Å²) in [6.07, 6.45) is 3.49. The van der Waals surface area contributed by atoms with E-state index in [2.05, 4.69) is 15.0 Å². The van der Waals surface area contributed by atoms with Gasteiger partial charge in [-0.1, -0.05) is 0 Å². The van der Waals surface area contributed by atoms with Crippen LogP contribution in [0.25, 0.3) is 16.9 Å². The van der Waals surface area contributed by atoms with Gasteiger partial charge in [0.25, 0.3) is 11.8 Å². The Kier molecular flexibility index (Phi) is 4.55. The van der Waals surface area contributed by atoms with Crippen LogP contribution in [0.15, 0.2) is 24.5 Å². The van der Waals surface area contributed by atoms with E-state index in [0.717, 1.165) is 29.0 Å². The number of benzene rings is 1. The van der Waals surface area contributed by atoms with Gasteiger partial charge in [-0.05, 0) is 25.5 Å². The molecule has 1 saturated heterocycles. The summed E-state index contributed by atoms with van der Waals surface area (Å²) in [4.78, 5) is 30.5. The van der Waals surface area contributed by atoms with E-state index in [0.29, 0.717) is 32.0 Å². The monoisotopic (exact) mass is 436 g/mol. The van der Waals surface area contributed by atoms with Crippen molar-refractivity contribution < 1.29 is 19.1 Å². The van der Waals surface area contributed by atoms with Gasteiger partial charge in [0.1, 0.15) is 22.6 Å². The fourth-order valence-electron chi connectivity index (χ4n) is 4.37. The molecule has 4 N–H and O–H groups in total. The number of ether oxygens (including phenoxy) is 2. The molecule has 0 bridgehead atoms. The van der Waals surface area contributed by atoms with Crippen molar-refractivity contribution in [3.63, 3.8) is 0 Å². The molecule has 166 valence electrons.